The van der Waals surface area contributed by atoms with Crippen molar-refractivity contribution in [3.05, 3.63) is 16.4 Å². The minimum Gasteiger partial charge on any atom is -0.296 e. The summed E-state index contributed by atoms with van der Waals surface area (Å²) in [5.74, 6) is 0.0300. The maximum Gasteiger partial charge on any atom is 0.0863 e. The fraction of sp³-hybridized carbons (Fsp3) is 0.714. The Morgan fingerprint density at radius 2 is 2.11 bits per heavy atom. The molecule has 106 valence electrons. The Bertz CT molecular complexity index is 447. The Kier molecular flexibility index (Phi) is 6.33. The first-order valence-corrected chi connectivity index (χ1v) is 7.31. The molecule has 0 aromatic carbocycles. The molecule has 0 radical (unpaired) electrons. The molecule has 1 atom stereocenters. The number of aromatic nitrogens is 2. The van der Waals surface area contributed by atoms with Crippen molar-refractivity contribution in [3.63, 3.8) is 0 Å². The van der Waals surface area contributed by atoms with E-state index in [9.17, 15) is 0 Å². The molecule has 19 heavy (non-hydrogen) atoms. The van der Waals surface area contributed by atoms with E-state index in [-0.39, 0.29) is 5.92 Å². The van der Waals surface area contributed by atoms with Gasteiger partial charge in [0.1, 0.15) is 0 Å². The number of hydrogen-bond donors (Lipinski definition) is 0. The topological polar surface area (TPSA) is 44.9 Å². The third-order valence-electron chi connectivity index (χ3n) is 3.27. The minimum absolute atomic E-state index is 0.0300. The van der Waals surface area contributed by atoms with E-state index in [1.165, 1.54) is 0 Å². The first kappa shape index (κ1) is 16.0. The zero-order valence-electron chi connectivity index (χ0n) is 12.3. The normalized spacial score (nSPS) is 12.7. The predicted octanol–water partition coefficient (Wildman–Crippen LogP) is 3.10. The van der Waals surface area contributed by atoms with Crippen LogP contribution in [0.2, 0.25) is 5.02 Å². The van der Waals surface area contributed by atoms with Gasteiger partial charge in [0.15, 0.2) is 0 Å². The van der Waals surface area contributed by atoms with E-state index in [4.69, 9.17) is 16.9 Å². The first-order chi connectivity index (χ1) is 9.07. The highest BCUT2D eigenvalue weighted by Crippen LogP contribution is 2.23. The van der Waals surface area contributed by atoms with Crippen LogP contribution in [0.15, 0.2) is 0 Å². The minimum atomic E-state index is 0.0300. The molecule has 5 heteroatoms. The second kappa shape index (κ2) is 7.52. The van der Waals surface area contributed by atoms with Crippen molar-refractivity contribution in [2.75, 3.05) is 13.1 Å². The number of halogens is 1. The number of nitriles is 1. The van der Waals surface area contributed by atoms with Crippen LogP contribution in [-0.4, -0.2) is 27.8 Å². The van der Waals surface area contributed by atoms with Gasteiger partial charge in [-0.05, 0) is 26.8 Å². The molecule has 0 saturated heterocycles. The fourth-order valence-electron chi connectivity index (χ4n) is 2.11. The second-order valence-corrected chi connectivity index (χ2v) is 5.11. The third kappa shape index (κ3) is 3.95. The molecular formula is C14H23ClN4. The Hall–Kier alpha value is -1.05. The van der Waals surface area contributed by atoms with Crippen molar-refractivity contribution in [2.45, 2.75) is 47.2 Å². The van der Waals surface area contributed by atoms with Crippen molar-refractivity contribution < 1.29 is 0 Å². The molecule has 0 saturated carbocycles. The summed E-state index contributed by atoms with van der Waals surface area (Å²) in [7, 11) is 0. The van der Waals surface area contributed by atoms with Gasteiger partial charge in [0.05, 0.1) is 28.4 Å². The average molecular weight is 283 g/mol. The van der Waals surface area contributed by atoms with Gasteiger partial charge in [0.25, 0.3) is 0 Å². The largest absolute Gasteiger partial charge is 0.296 e. The summed E-state index contributed by atoms with van der Waals surface area (Å²) in [6.07, 6.45) is 0.847. The summed E-state index contributed by atoms with van der Waals surface area (Å²) >= 11 is 6.40. The van der Waals surface area contributed by atoms with E-state index < -0.39 is 0 Å². The third-order valence-corrected chi connectivity index (χ3v) is 3.70. The molecule has 0 amide bonds. The maximum absolute atomic E-state index is 8.92. The zero-order valence-corrected chi connectivity index (χ0v) is 13.0. The molecule has 1 aromatic rings. The number of hydrogen-bond acceptors (Lipinski definition) is 3. The van der Waals surface area contributed by atoms with Gasteiger partial charge in [-0.2, -0.15) is 10.4 Å². The highest BCUT2D eigenvalue weighted by Gasteiger charge is 2.17. The lowest BCUT2D eigenvalue weighted by molar-refractivity contribution is 0.252. The molecular weight excluding hydrogens is 260 g/mol. The molecule has 1 aromatic heterocycles. The summed E-state index contributed by atoms with van der Waals surface area (Å²) in [6.45, 7) is 11.4. The number of aryl methyl sites for hydroxylation is 2. The first-order valence-electron chi connectivity index (χ1n) is 6.93. The van der Waals surface area contributed by atoms with E-state index in [2.05, 4.69) is 36.8 Å². The Morgan fingerprint density at radius 1 is 1.42 bits per heavy atom. The molecule has 0 aliphatic carbocycles. The highest BCUT2D eigenvalue weighted by atomic mass is 35.5. The van der Waals surface area contributed by atoms with Crippen LogP contribution >= 0.6 is 11.6 Å². The monoisotopic (exact) mass is 282 g/mol. The van der Waals surface area contributed by atoms with Crippen LogP contribution in [0.25, 0.3) is 0 Å². The Morgan fingerprint density at radius 3 is 2.58 bits per heavy atom. The summed E-state index contributed by atoms with van der Waals surface area (Å²) in [5.41, 5.74) is 2.02. The van der Waals surface area contributed by atoms with Crippen LogP contribution in [0.1, 0.15) is 39.1 Å². The SMILES string of the molecule is CCc1nn(CC)c(CN(CC)CC(C)C#N)c1Cl. The molecule has 0 aliphatic heterocycles. The molecule has 0 fully saturated rings. The summed E-state index contributed by atoms with van der Waals surface area (Å²) < 4.78 is 1.97. The lowest BCUT2D eigenvalue weighted by Gasteiger charge is -2.22. The Labute approximate surface area is 121 Å². The zero-order chi connectivity index (χ0) is 14.4. The molecule has 0 aliphatic rings. The van der Waals surface area contributed by atoms with Gasteiger partial charge in [-0.25, -0.2) is 0 Å². The van der Waals surface area contributed by atoms with Crippen LogP contribution in [0, 0.1) is 17.2 Å². The molecule has 1 heterocycles. The molecule has 4 nitrogen and oxygen atoms in total. The van der Waals surface area contributed by atoms with Gasteiger partial charge in [0.2, 0.25) is 0 Å². The van der Waals surface area contributed by atoms with Crippen molar-refractivity contribution in [1.29, 1.82) is 5.26 Å². The van der Waals surface area contributed by atoms with Crippen molar-refractivity contribution in [3.8, 4) is 6.07 Å². The fourth-order valence-corrected chi connectivity index (χ4v) is 2.44. The van der Waals surface area contributed by atoms with Crippen molar-refractivity contribution >= 4 is 11.6 Å². The van der Waals surface area contributed by atoms with E-state index in [0.29, 0.717) is 0 Å². The standard InChI is InChI=1S/C14H23ClN4/c1-5-12-14(15)13(19(7-3)17-12)10-18(6-2)9-11(4)8-16/h11H,5-7,9-10H2,1-4H3. The quantitative estimate of drug-likeness (QED) is 0.772. The van der Waals surface area contributed by atoms with E-state index in [0.717, 1.165) is 49.0 Å². The lowest BCUT2D eigenvalue weighted by atomic mass is 10.2. The summed E-state index contributed by atoms with van der Waals surface area (Å²) in [6, 6.07) is 2.28. The predicted molar refractivity (Wildman–Crippen MR) is 78.0 cm³/mol. The van der Waals surface area contributed by atoms with E-state index in [1.54, 1.807) is 0 Å². The smallest absolute Gasteiger partial charge is 0.0863 e. The number of rotatable bonds is 7. The molecule has 0 spiro atoms. The average Bonchev–Trinajstić information content (AvgIpc) is 2.73. The molecule has 0 N–H and O–H groups in total. The Balaban J connectivity index is 2.90. The van der Waals surface area contributed by atoms with Gasteiger partial charge >= 0.3 is 0 Å². The van der Waals surface area contributed by atoms with Gasteiger partial charge in [-0.1, -0.05) is 25.4 Å². The van der Waals surface area contributed by atoms with Gasteiger partial charge in [0, 0.05) is 19.6 Å². The number of nitrogens with zero attached hydrogens (tertiary/aromatic N) is 4. The van der Waals surface area contributed by atoms with Gasteiger partial charge < -0.3 is 0 Å². The summed E-state index contributed by atoms with van der Waals surface area (Å²) in [5, 5.41) is 14.2. The van der Waals surface area contributed by atoms with Crippen molar-refractivity contribution in [2.24, 2.45) is 5.92 Å². The van der Waals surface area contributed by atoms with Crippen molar-refractivity contribution in [1.82, 2.24) is 14.7 Å². The lowest BCUT2D eigenvalue weighted by Crippen LogP contribution is -2.28. The van der Waals surface area contributed by atoms with Crippen LogP contribution in [0.3, 0.4) is 0 Å². The summed E-state index contributed by atoms with van der Waals surface area (Å²) in [4.78, 5) is 2.24. The molecule has 1 rings (SSSR count). The van der Waals surface area contributed by atoms with Crippen LogP contribution < -0.4 is 0 Å². The van der Waals surface area contributed by atoms with Crippen LogP contribution in [-0.2, 0) is 19.5 Å². The van der Waals surface area contributed by atoms with Crippen LogP contribution in [0.4, 0.5) is 0 Å². The van der Waals surface area contributed by atoms with Gasteiger partial charge in [-0.3, -0.25) is 9.58 Å². The molecule has 0 bridgehead atoms. The maximum atomic E-state index is 8.92. The highest BCUT2D eigenvalue weighted by molar-refractivity contribution is 6.31. The van der Waals surface area contributed by atoms with E-state index >= 15 is 0 Å². The second-order valence-electron chi connectivity index (χ2n) is 4.73. The van der Waals surface area contributed by atoms with E-state index in [1.807, 2.05) is 11.6 Å². The van der Waals surface area contributed by atoms with Crippen LogP contribution in [0.5, 0.6) is 0 Å². The van der Waals surface area contributed by atoms with Gasteiger partial charge in [-0.15, -0.1) is 0 Å². The molecule has 1 unspecified atom stereocenters.